The molecule has 140 valence electrons. The van der Waals surface area contributed by atoms with Crippen LogP contribution in [0.2, 0.25) is 0 Å². The highest BCUT2D eigenvalue weighted by molar-refractivity contribution is 5.89. The molecule has 1 aromatic rings. The third-order valence-electron chi connectivity index (χ3n) is 4.29. The Hall–Kier alpha value is -1.63. The lowest BCUT2D eigenvalue weighted by molar-refractivity contribution is -0.0416. The summed E-state index contributed by atoms with van der Waals surface area (Å²) in [6.45, 7) is 5.74. The molecule has 1 aromatic carbocycles. The maximum atomic E-state index is 11.8. The van der Waals surface area contributed by atoms with Crippen molar-refractivity contribution in [1.82, 2.24) is 5.32 Å². The second-order valence-corrected chi connectivity index (χ2v) is 6.05. The van der Waals surface area contributed by atoms with Crippen LogP contribution in [-0.4, -0.2) is 58.7 Å². The number of rotatable bonds is 10. The number of nitrogens with one attached hydrogen (secondary N) is 1. The molecule has 1 aliphatic heterocycles. The van der Waals surface area contributed by atoms with Crippen molar-refractivity contribution in [2.45, 2.75) is 25.9 Å². The zero-order valence-corrected chi connectivity index (χ0v) is 15.2. The summed E-state index contributed by atoms with van der Waals surface area (Å²) in [6, 6.07) is 7.08. The van der Waals surface area contributed by atoms with Gasteiger partial charge in [0.2, 0.25) is 0 Å². The average Bonchev–Trinajstić information content (AvgIpc) is 2.65. The summed E-state index contributed by atoms with van der Waals surface area (Å²) in [5, 5.41) is 3.37. The number of carbonyl (C=O) groups is 1. The van der Waals surface area contributed by atoms with Gasteiger partial charge in [0.05, 0.1) is 31.5 Å². The first-order valence-electron chi connectivity index (χ1n) is 8.95. The Labute approximate surface area is 149 Å². The van der Waals surface area contributed by atoms with Crippen molar-refractivity contribution >= 4 is 5.97 Å². The van der Waals surface area contributed by atoms with E-state index < -0.39 is 0 Å². The number of hydrogen-bond acceptors (Lipinski definition) is 6. The van der Waals surface area contributed by atoms with E-state index in [1.807, 2.05) is 6.07 Å². The Morgan fingerprint density at radius 1 is 1.28 bits per heavy atom. The van der Waals surface area contributed by atoms with Crippen LogP contribution in [0.3, 0.4) is 0 Å². The van der Waals surface area contributed by atoms with Gasteiger partial charge in [0.15, 0.2) is 0 Å². The van der Waals surface area contributed by atoms with E-state index >= 15 is 0 Å². The van der Waals surface area contributed by atoms with Crippen LogP contribution >= 0.6 is 0 Å². The van der Waals surface area contributed by atoms with Crippen molar-refractivity contribution in [2.24, 2.45) is 5.92 Å². The molecule has 0 radical (unpaired) electrons. The zero-order chi connectivity index (χ0) is 17.9. The van der Waals surface area contributed by atoms with Gasteiger partial charge in [-0.2, -0.15) is 0 Å². The monoisotopic (exact) mass is 351 g/mol. The molecule has 1 aliphatic rings. The van der Waals surface area contributed by atoms with Crippen LogP contribution in [0.25, 0.3) is 0 Å². The lowest BCUT2D eigenvalue weighted by Gasteiger charge is -2.30. The first-order valence-corrected chi connectivity index (χ1v) is 8.95. The first-order chi connectivity index (χ1) is 12.2. The quantitative estimate of drug-likeness (QED) is 0.515. The summed E-state index contributed by atoms with van der Waals surface area (Å²) in [5.74, 6) is 0.783. The molecular weight excluding hydrogens is 322 g/mol. The maximum Gasteiger partial charge on any atom is 0.338 e. The Morgan fingerprint density at radius 3 is 2.80 bits per heavy atom. The summed E-state index contributed by atoms with van der Waals surface area (Å²) in [6.07, 6.45) is 2.16. The van der Waals surface area contributed by atoms with Crippen molar-refractivity contribution in [3.63, 3.8) is 0 Å². The molecule has 0 aliphatic carbocycles. The van der Waals surface area contributed by atoms with E-state index in [0.717, 1.165) is 25.9 Å². The molecule has 1 fully saturated rings. The fourth-order valence-corrected chi connectivity index (χ4v) is 2.92. The smallest absolute Gasteiger partial charge is 0.338 e. The molecule has 1 saturated heterocycles. The second-order valence-electron chi connectivity index (χ2n) is 6.05. The summed E-state index contributed by atoms with van der Waals surface area (Å²) in [5.41, 5.74) is 0.498. The third-order valence-corrected chi connectivity index (χ3v) is 4.29. The van der Waals surface area contributed by atoms with Crippen LogP contribution in [0.1, 0.15) is 30.1 Å². The van der Waals surface area contributed by atoms with Crippen molar-refractivity contribution in [3.05, 3.63) is 29.8 Å². The summed E-state index contributed by atoms with van der Waals surface area (Å²) in [7, 11) is 1.67. The van der Waals surface area contributed by atoms with Crippen molar-refractivity contribution in [1.29, 1.82) is 0 Å². The number of piperidine rings is 1. The van der Waals surface area contributed by atoms with Crippen LogP contribution in [0.5, 0.6) is 5.75 Å². The molecule has 1 N–H and O–H groups in total. The molecule has 0 spiro atoms. The molecule has 6 heteroatoms. The Morgan fingerprint density at radius 2 is 2.08 bits per heavy atom. The lowest BCUT2D eigenvalue weighted by Crippen LogP contribution is -2.39. The molecule has 6 nitrogen and oxygen atoms in total. The fourth-order valence-electron chi connectivity index (χ4n) is 2.92. The van der Waals surface area contributed by atoms with Crippen LogP contribution in [0.4, 0.5) is 0 Å². The van der Waals surface area contributed by atoms with E-state index in [-0.39, 0.29) is 12.1 Å². The Kier molecular flexibility index (Phi) is 8.72. The van der Waals surface area contributed by atoms with Gasteiger partial charge in [-0.3, -0.25) is 0 Å². The van der Waals surface area contributed by atoms with Gasteiger partial charge in [0, 0.05) is 7.11 Å². The highest BCUT2D eigenvalue weighted by atomic mass is 16.6. The predicted octanol–water partition coefficient (Wildman–Crippen LogP) is 2.27. The highest BCUT2D eigenvalue weighted by Crippen LogP contribution is 2.21. The molecule has 1 unspecified atom stereocenters. The van der Waals surface area contributed by atoms with Crippen LogP contribution in [0, 0.1) is 5.92 Å². The standard InChI is InChI=1S/C19H29NO5/c1-3-23-19(21)16-5-4-6-17(13-16)25-14-18(24-12-11-22-2)15-7-9-20-10-8-15/h4-6,13,15,18,20H,3,7-12,14H2,1-2H3. The van der Waals surface area contributed by atoms with E-state index in [9.17, 15) is 4.79 Å². The molecule has 0 bridgehead atoms. The minimum absolute atomic E-state index is 0.0171. The van der Waals surface area contributed by atoms with E-state index in [1.54, 1.807) is 32.2 Å². The fraction of sp³-hybridized carbons (Fsp3) is 0.632. The Balaban J connectivity index is 1.94. The van der Waals surface area contributed by atoms with Crippen molar-refractivity contribution in [2.75, 3.05) is 46.6 Å². The number of esters is 1. The minimum atomic E-state index is -0.334. The summed E-state index contributed by atoms with van der Waals surface area (Å²) in [4.78, 5) is 11.8. The topological polar surface area (TPSA) is 66.0 Å². The second kappa shape index (κ2) is 11.1. The Bertz CT molecular complexity index is 516. The van der Waals surface area contributed by atoms with Gasteiger partial charge in [0.1, 0.15) is 12.4 Å². The largest absolute Gasteiger partial charge is 0.491 e. The molecular formula is C19H29NO5. The van der Waals surface area contributed by atoms with Crippen LogP contribution < -0.4 is 10.1 Å². The SMILES string of the molecule is CCOC(=O)c1cccc(OCC(OCCOC)C2CCNCC2)c1. The van der Waals surface area contributed by atoms with Gasteiger partial charge >= 0.3 is 5.97 Å². The number of ether oxygens (including phenoxy) is 4. The minimum Gasteiger partial charge on any atom is -0.491 e. The first kappa shape index (κ1) is 19.7. The van der Waals surface area contributed by atoms with Crippen LogP contribution in [-0.2, 0) is 14.2 Å². The maximum absolute atomic E-state index is 11.8. The summed E-state index contributed by atoms with van der Waals surface area (Å²) >= 11 is 0. The van der Waals surface area contributed by atoms with E-state index in [2.05, 4.69) is 5.32 Å². The number of carbonyl (C=O) groups excluding carboxylic acids is 1. The highest BCUT2D eigenvalue weighted by Gasteiger charge is 2.25. The molecule has 1 atom stereocenters. The summed E-state index contributed by atoms with van der Waals surface area (Å²) < 4.78 is 22.0. The van der Waals surface area contributed by atoms with Gasteiger partial charge in [0.25, 0.3) is 0 Å². The molecule has 25 heavy (non-hydrogen) atoms. The predicted molar refractivity (Wildman–Crippen MR) is 95.1 cm³/mol. The number of hydrogen-bond donors (Lipinski definition) is 1. The number of benzene rings is 1. The molecule has 2 rings (SSSR count). The van der Waals surface area contributed by atoms with Crippen LogP contribution in [0.15, 0.2) is 24.3 Å². The average molecular weight is 351 g/mol. The third kappa shape index (κ3) is 6.65. The molecule has 0 amide bonds. The number of methoxy groups -OCH3 is 1. The van der Waals surface area contributed by atoms with Gasteiger partial charge in [-0.1, -0.05) is 6.07 Å². The van der Waals surface area contributed by atoms with Gasteiger partial charge in [-0.25, -0.2) is 4.79 Å². The molecule has 1 heterocycles. The van der Waals surface area contributed by atoms with E-state index in [0.29, 0.717) is 43.7 Å². The molecule has 0 aromatic heterocycles. The van der Waals surface area contributed by atoms with Gasteiger partial charge in [-0.05, 0) is 57.0 Å². The lowest BCUT2D eigenvalue weighted by atomic mass is 9.92. The van der Waals surface area contributed by atoms with E-state index in [1.165, 1.54) is 0 Å². The normalized spacial score (nSPS) is 16.4. The van der Waals surface area contributed by atoms with Crippen molar-refractivity contribution < 1.29 is 23.7 Å². The van der Waals surface area contributed by atoms with Gasteiger partial charge in [-0.15, -0.1) is 0 Å². The zero-order valence-electron chi connectivity index (χ0n) is 15.2. The van der Waals surface area contributed by atoms with Crippen molar-refractivity contribution in [3.8, 4) is 5.75 Å². The molecule has 0 saturated carbocycles. The van der Waals surface area contributed by atoms with Gasteiger partial charge < -0.3 is 24.3 Å². The van der Waals surface area contributed by atoms with E-state index in [4.69, 9.17) is 18.9 Å².